The predicted molar refractivity (Wildman–Crippen MR) is 96.2 cm³/mol. The van der Waals surface area contributed by atoms with Crippen molar-refractivity contribution in [1.82, 2.24) is 0 Å². The van der Waals surface area contributed by atoms with E-state index < -0.39 is 5.92 Å². The molecule has 0 spiro atoms. The maximum atomic E-state index is 12.9. The zero-order chi connectivity index (χ0) is 18.4. The van der Waals surface area contributed by atoms with Gasteiger partial charge in [0, 0.05) is 18.4 Å². The Bertz CT molecular complexity index is 820. The quantitative estimate of drug-likeness (QED) is 0.875. The van der Waals surface area contributed by atoms with Gasteiger partial charge in [0.15, 0.2) is 5.78 Å². The molecule has 0 bridgehead atoms. The molecule has 1 aromatic carbocycles. The summed E-state index contributed by atoms with van der Waals surface area (Å²) in [4.78, 5) is 12.9. The lowest BCUT2D eigenvalue weighted by Gasteiger charge is -2.37. The van der Waals surface area contributed by atoms with Crippen LogP contribution < -0.4 is 5.73 Å². The van der Waals surface area contributed by atoms with Crippen LogP contribution in [0.5, 0.6) is 0 Å². The molecule has 25 heavy (non-hydrogen) atoms. The molecular weight excluding hydrogens is 312 g/mol. The smallest absolute Gasteiger partial charge is 0.205 e. The van der Waals surface area contributed by atoms with Crippen molar-refractivity contribution in [2.45, 2.75) is 52.4 Å². The summed E-state index contributed by atoms with van der Waals surface area (Å²) >= 11 is 0. The van der Waals surface area contributed by atoms with Gasteiger partial charge in [0.1, 0.15) is 17.4 Å². The number of carbonyl (C=O) groups excluding carboxylic acids is 1. The van der Waals surface area contributed by atoms with Crippen LogP contribution in [-0.2, 0) is 9.53 Å². The van der Waals surface area contributed by atoms with Crippen molar-refractivity contribution in [2.24, 2.45) is 11.1 Å². The first-order valence-corrected chi connectivity index (χ1v) is 8.67. The van der Waals surface area contributed by atoms with E-state index in [1.807, 2.05) is 26.0 Å². The number of hydrogen-bond acceptors (Lipinski definition) is 4. The number of hydrogen-bond donors (Lipinski definition) is 1. The second-order valence-electron chi connectivity index (χ2n) is 8.02. The standard InChI is InChI=1S/C21H24N2O2/c1-12(2)13-5-7-14(8-6-13)18-15(11-22)20(23)25-17-10-21(3,4)9-16(24)19(17)18/h5-8,12,18H,9-10,23H2,1-4H3/t18-/m1/s1. The summed E-state index contributed by atoms with van der Waals surface area (Å²) in [5, 5.41) is 9.61. The molecule has 2 N–H and O–H groups in total. The van der Waals surface area contributed by atoms with Gasteiger partial charge < -0.3 is 10.5 Å². The van der Waals surface area contributed by atoms with E-state index in [2.05, 4.69) is 32.0 Å². The zero-order valence-corrected chi connectivity index (χ0v) is 15.2. The monoisotopic (exact) mass is 336 g/mol. The molecule has 1 heterocycles. The minimum absolute atomic E-state index is 0.0458. The van der Waals surface area contributed by atoms with Crippen LogP contribution in [0.4, 0.5) is 0 Å². The van der Waals surface area contributed by atoms with E-state index in [0.29, 0.717) is 35.7 Å². The third kappa shape index (κ3) is 3.07. The molecule has 0 radical (unpaired) electrons. The molecule has 3 rings (SSSR count). The first kappa shape index (κ1) is 17.3. The largest absolute Gasteiger partial charge is 0.444 e. The second-order valence-corrected chi connectivity index (χ2v) is 8.02. The van der Waals surface area contributed by atoms with Crippen LogP contribution in [0.2, 0.25) is 0 Å². The molecule has 0 saturated carbocycles. The number of nitriles is 1. The molecule has 0 unspecified atom stereocenters. The van der Waals surface area contributed by atoms with E-state index in [4.69, 9.17) is 10.5 Å². The zero-order valence-electron chi connectivity index (χ0n) is 15.2. The van der Waals surface area contributed by atoms with Gasteiger partial charge in [0.2, 0.25) is 5.88 Å². The maximum Gasteiger partial charge on any atom is 0.205 e. The lowest BCUT2D eigenvalue weighted by molar-refractivity contribution is -0.119. The van der Waals surface area contributed by atoms with Gasteiger partial charge in [-0.1, -0.05) is 52.0 Å². The summed E-state index contributed by atoms with van der Waals surface area (Å²) in [6, 6.07) is 10.3. The first-order valence-electron chi connectivity index (χ1n) is 8.67. The lowest BCUT2D eigenvalue weighted by atomic mass is 9.70. The van der Waals surface area contributed by atoms with Crippen LogP contribution in [0, 0.1) is 16.7 Å². The minimum Gasteiger partial charge on any atom is -0.444 e. The van der Waals surface area contributed by atoms with Crippen molar-refractivity contribution in [3.05, 3.63) is 58.2 Å². The van der Waals surface area contributed by atoms with Crippen LogP contribution in [0.15, 0.2) is 47.1 Å². The number of ether oxygens (including phenoxy) is 1. The van der Waals surface area contributed by atoms with Gasteiger partial charge in [0.05, 0.1) is 5.92 Å². The van der Waals surface area contributed by atoms with Gasteiger partial charge in [-0.15, -0.1) is 0 Å². The van der Waals surface area contributed by atoms with Gasteiger partial charge in [-0.25, -0.2) is 0 Å². The van der Waals surface area contributed by atoms with Crippen molar-refractivity contribution >= 4 is 5.78 Å². The number of ketones is 1. The molecule has 1 aliphatic heterocycles. The molecule has 0 saturated heterocycles. The topological polar surface area (TPSA) is 76.1 Å². The van der Waals surface area contributed by atoms with Crippen LogP contribution in [-0.4, -0.2) is 5.78 Å². The van der Waals surface area contributed by atoms with Gasteiger partial charge in [0.25, 0.3) is 0 Å². The highest BCUT2D eigenvalue weighted by molar-refractivity contribution is 6.00. The minimum atomic E-state index is -0.432. The summed E-state index contributed by atoms with van der Waals surface area (Å²) in [6.45, 7) is 8.36. The molecule has 0 fully saturated rings. The molecule has 1 aliphatic carbocycles. The number of nitrogens with two attached hydrogens (primary N) is 1. The molecule has 0 aromatic heterocycles. The Balaban J connectivity index is 2.12. The van der Waals surface area contributed by atoms with E-state index in [-0.39, 0.29) is 17.1 Å². The fraction of sp³-hybridized carbons (Fsp3) is 0.429. The van der Waals surface area contributed by atoms with E-state index >= 15 is 0 Å². The van der Waals surface area contributed by atoms with Gasteiger partial charge in [-0.2, -0.15) is 5.26 Å². The molecular formula is C21H24N2O2. The third-order valence-electron chi connectivity index (χ3n) is 5.01. The highest BCUT2D eigenvalue weighted by Gasteiger charge is 2.42. The Hall–Kier alpha value is -2.54. The van der Waals surface area contributed by atoms with Gasteiger partial charge >= 0.3 is 0 Å². The van der Waals surface area contributed by atoms with E-state index in [1.54, 1.807) is 0 Å². The molecule has 4 nitrogen and oxygen atoms in total. The molecule has 2 aliphatic rings. The van der Waals surface area contributed by atoms with Crippen LogP contribution >= 0.6 is 0 Å². The lowest BCUT2D eigenvalue weighted by Crippen LogP contribution is -2.33. The molecule has 130 valence electrons. The summed E-state index contributed by atoms with van der Waals surface area (Å²) < 4.78 is 5.71. The average Bonchev–Trinajstić information content (AvgIpc) is 2.52. The van der Waals surface area contributed by atoms with Crippen molar-refractivity contribution in [3.63, 3.8) is 0 Å². The van der Waals surface area contributed by atoms with Crippen LogP contribution in [0.3, 0.4) is 0 Å². The Morgan fingerprint density at radius 2 is 1.88 bits per heavy atom. The molecule has 1 atom stereocenters. The Morgan fingerprint density at radius 3 is 2.44 bits per heavy atom. The van der Waals surface area contributed by atoms with E-state index in [0.717, 1.165) is 5.56 Å². The predicted octanol–water partition coefficient (Wildman–Crippen LogP) is 4.26. The average molecular weight is 336 g/mol. The number of carbonyl (C=O) groups is 1. The fourth-order valence-corrected chi connectivity index (χ4v) is 3.69. The maximum absolute atomic E-state index is 12.9. The normalized spacial score (nSPS) is 22.6. The van der Waals surface area contributed by atoms with Crippen molar-refractivity contribution in [2.75, 3.05) is 0 Å². The fourth-order valence-electron chi connectivity index (χ4n) is 3.69. The Labute approximate surface area is 149 Å². The molecule has 1 aromatic rings. The summed E-state index contributed by atoms with van der Waals surface area (Å²) in [5.41, 5.74) is 8.92. The Morgan fingerprint density at radius 1 is 1.24 bits per heavy atom. The number of benzene rings is 1. The number of nitrogens with zero attached hydrogens (tertiary/aromatic N) is 1. The van der Waals surface area contributed by atoms with E-state index in [1.165, 1.54) is 5.56 Å². The second kappa shape index (κ2) is 6.07. The van der Waals surface area contributed by atoms with Crippen LogP contribution in [0.1, 0.15) is 63.5 Å². The van der Waals surface area contributed by atoms with Gasteiger partial charge in [-0.3, -0.25) is 4.79 Å². The third-order valence-corrected chi connectivity index (χ3v) is 5.01. The van der Waals surface area contributed by atoms with Crippen LogP contribution in [0.25, 0.3) is 0 Å². The van der Waals surface area contributed by atoms with Crippen molar-refractivity contribution in [3.8, 4) is 6.07 Å². The molecule has 4 heteroatoms. The highest BCUT2D eigenvalue weighted by Crippen LogP contribution is 2.47. The highest BCUT2D eigenvalue weighted by atomic mass is 16.5. The summed E-state index contributed by atoms with van der Waals surface area (Å²) in [6.07, 6.45) is 1.10. The number of rotatable bonds is 2. The first-order chi connectivity index (χ1) is 11.7. The Kier molecular flexibility index (Phi) is 4.20. The van der Waals surface area contributed by atoms with E-state index in [9.17, 15) is 10.1 Å². The summed E-state index contributed by atoms with van der Waals surface area (Å²) in [7, 11) is 0. The summed E-state index contributed by atoms with van der Waals surface area (Å²) in [5.74, 6) is 0.773. The van der Waals surface area contributed by atoms with Crippen molar-refractivity contribution in [1.29, 1.82) is 5.26 Å². The number of Topliss-reactive ketones (excluding diaryl/α,β-unsaturated/α-hetero) is 1. The van der Waals surface area contributed by atoms with Crippen molar-refractivity contribution < 1.29 is 9.53 Å². The SMILES string of the molecule is CC(C)c1ccc([C@@H]2C(C#N)=C(N)OC3=C2C(=O)CC(C)(C)C3)cc1. The molecule has 0 amide bonds. The number of allylic oxidation sites excluding steroid dienone is 3. The van der Waals surface area contributed by atoms with Gasteiger partial charge in [-0.05, 0) is 22.5 Å².